The van der Waals surface area contributed by atoms with Crippen molar-refractivity contribution in [1.29, 1.82) is 0 Å². The standard InChI is InChI=1S/C18H12F3N7O3S/c19-18(20,21)9-31-17-23-6-11(7-24-17)12-1-2-15(30)28(27-12)8-14-25-26-16(32-14)10-3-4-22-13(29)5-10/h1-7H,8-9H2,(H,22,29). The summed E-state index contributed by atoms with van der Waals surface area (Å²) in [6.07, 6.45) is -0.576. The second-order valence-corrected chi connectivity index (χ2v) is 7.34. The molecule has 0 bridgehead atoms. The van der Waals surface area contributed by atoms with E-state index in [4.69, 9.17) is 0 Å². The predicted octanol–water partition coefficient (Wildman–Crippen LogP) is 2.31. The Kier molecular flexibility index (Phi) is 5.77. The van der Waals surface area contributed by atoms with Crippen LogP contribution < -0.4 is 10.3 Å². The lowest BCUT2D eigenvalue weighted by Gasteiger charge is -2.08. The third-order valence-electron chi connectivity index (χ3n) is 3.90. The Hall–Kier alpha value is -3.94. The topological polar surface area (TPSA) is 129 Å². The third kappa shape index (κ3) is 5.21. The van der Waals surface area contributed by atoms with Crippen LogP contribution in [0.25, 0.3) is 21.8 Å². The van der Waals surface area contributed by atoms with Crippen LogP contribution >= 0.6 is 11.3 Å². The molecule has 0 amide bonds. The van der Waals surface area contributed by atoms with Gasteiger partial charge >= 0.3 is 12.2 Å². The number of aromatic hydroxyl groups is 1. The fraction of sp³-hybridized carbons (Fsp3) is 0.167. The molecule has 4 aromatic rings. The smallest absolute Gasteiger partial charge is 0.422 e. The first-order valence-electron chi connectivity index (χ1n) is 8.85. The molecule has 4 aromatic heterocycles. The first kappa shape index (κ1) is 21.3. The second-order valence-electron chi connectivity index (χ2n) is 6.28. The molecule has 0 aliphatic carbocycles. The Labute approximate surface area is 181 Å². The van der Waals surface area contributed by atoms with E-state index in [1.165, 1.54) is 48.1 Å². The van der Waals surface area contributed by atoms with Crippen molar-refractivity contribution in [2.45, 2.75) is 12.7 Å². The van der Waals surface area contributed by atoms with Crippen LogP contribution in [0.4, 0.5) is 13.2 Å². The summed E-state index contributed by atoms with van der Waals surface area (Å²) in [6.45, 7) is -1.46. The highest BCUT2D eigenvalue weighted by atomic mass is 32.1. The summed E-state index contributed by atoms with van der Waals surface area (Å²) in [5.41, 5.74) is 0.942. The molecule has 0 spiro atoms. The van der Waals surface area contributed by atoms with E-state index in [2.05, 4.69) is 35.0 Å². The number of hydrogen-bond acceptors (Lipinski definition) is 10. The zero-order valence-corrected chi connectivity index (χ0v) is 16.7. The molecule has 0 saturated heterocycles. The Balaban J connectivity index is 1.52. The molecule has 0 aliphatic heterocycles. The normalized spacial score (nSPS) is 11.5. The largest absolute Gasteiger partial charge is 0.493 e. The fourth-order valence-corrected chi connectivity index (χ4v) is 3.32. The minimum Gasteiger partial charge on any atom is -0.493 e. The van der Waals surface area contributed by atoms with Gasteiger partial charge in [0.25, 0.3) is 5.56 Å². The summed E-state index contributed by atoms with van der Waals surface area (Å²) < 4.78 is 42.3. The van der Waals surface area contributed by atoms with Crippen LogP contribution in [0.3, 0.4) is 0 Å². The molecule has 4 heterocycles. The van der Waals surface area contributed by atoms with Gasteiger partial charge in [0, 0.05) is 41.9 Å². The molecule has 10 nitrogen and oxygen atoms in total. The molecule has 0 radical (unpaired) electrons. The van der Waals surface area contributed by atoms with Gasteiger partial charge in [-0.05, 0) is 12.1 Å². The van der Waals surface area contributed by atoms with E-state index in [0.29, 0.717) is 26.8 Å². The summed E-state index contributed by atoms with van der Waals surface area (Å²) in [5, 5.41) is 22.9. The lowest BCUT2D eigenvalue weighted by atomic mass is 10.2. The molecule has 164 valence electrons. The SMILES string of the molecule is O=c1ccc(-c2cnc(OCC(F)(F)F)nc2)nn1Cc1nnc(-c2ccnc(O)c2)s1. The van der Waals surface area contributed by atoms with Crippen molar-refractivity contribution in [2.24, 2.45) is 0 Å². The predicted molar refractivity (Wildman–Crippen MR) is 105 cm³/mol. The second kappa shape index (κ2) is 8.66. The maximum absolute atomic E-state index is 12.2. The van der Waals surface area contributed by atoms with Crippen LogP contribution in [0.1, 0.15) is 5.01 Å². The minimum atomic E-state index is -4.50. The van der Waals surface area contributed by atoms with Gasteiger partial charge in [0.2, 0.25) is 5.88 Å². The summed E-state index contributed by atoms with van der Waals surface area (Å²) in [4.78, 5) is 23.4. The van der Waals surface area contributed by atoms with Gasteiger partial charge in [0.1, 0.15) is 10.0 Å². The average Bonchev–Trinajstić information content (AvgIpc) is 3.22. The monoisotopic (exact) mass is 463 g/mol. The van der Waals surface area contributed by atoms with Crippen molar-refractivity contribution in [2.75, 3.05) is 6.61 Å². The molecular weight excluding hydrogens is 451 g/mol. The van der Waals surface area contributed by atoms with E-state index >= 15 is 0 Å². The zero-order valence-electron chi connectivity index (χ0n) is 15.9. The van der Waals surface area contributed by atoms with E-state index in [1.54, 1.807) is 6.07 Å². The number of pyridine rings is 1. The molecule has 4 rings (SSSR count). The van der Waals surface area contributed by atoms with Gasteiger partial charge in [-0.2, -0.15) is 18.3 Å². The van der Waals surface area contributed by atoms with Crippen molar-refractivity contribution >= 4 is 11.3 Å². The number of hydrogen-bond donors (Lipinski definition) is 1. The first-order chi connectivity index (χ1) is 15.3. The maximum atomic E-state index is 12.2. The zero-order chi connectivity index (χ0) is 22.7. The number of aromatic nitrogens is 7. The van der Waals surface area contributed by atoms with Gasteiger partial charge < -0.3 is 9.84 Å². The van der Waals surface area contributed by atoms with E-state index in [9.17, 15) is 23.1 Å². The van der Waals surface area contributed by atoms with Crippen LogP contribution in [0.15, 0.2) is 47.7 Å². The lowest BCUT2D eigenvalue weighted by molar-refractivity contribution is -0.154. The molecule has 14 heteroatoms. The highest BCUT2D eigenvalue weighted by molar-refractivity contribution is 7.14. The molecule has 1 N–H and O–H groups in total. The molecule has 0 fully saturated rings. The number of rotatable bonds is 6. The molecular formula is C18H12F3N7O3S. The Morgan fingerprint density at radius 3 is 2.56 bits per heavy atom. The van der Waals surface area contributed by atoms with Gasteiger partial charge in [-0.3, -0.25) is 4.79 Å². The number of nitrogens with zero attached hydrogens (tertiary/aromatic N) is 7. The quantitative estimate of drug-likeness (QED) is 0.458. The van der Waals surface area contributed by atoms with Crippen molar-refractivity contribution in [1.82, 2.24) is 34.9 Å². The van der Waals surface area contributed by atoms with Crippen molar-refractivity contribution in [3.8, 4) is 33.7 Å². The number of halogens is 3. The summed E-state index contributed by atoms with van der Waals surface area (Å²) in [6, 6.07) is 5.41. The fourth-order valence-electron chi connectivity index (χ4n) is 2.50. The van der Waals surface area contributed by atoms with Gasteiger partial charge in [-0.1, -0.05) is 11.3 Å². The van der Waals surface area contributed by atoms with Crippen LogP contribution in [0.2, 0.25) is 0 Å². The molecule has 0 aromatic carbocycles. The van der Waals surface area contributed by atoms with E-state index < -0.39 is 24.4 Å². The number of alkyl halides is 3. The van der Waals surface area contributed by atoms with Crippen molar-refractivity contribution in [3.63, 3.8) is 0 Å². The molecule has 0 unspecified atom stereocenters. The van der Waals surface area contributed by atoms with Crippen molar-refractivity contribution < 1.29 is 23.0 Å². The van der Waals surface area contributed by atoms with Crippen LogP contribution in [-0.2, 0) is 6.54 Å². The maximum Gasteiger partial charge on any atom is 0.422 e. The summed E-state index contributed by atoms with van der Waals surface area (Å²) in [7, 11) is 0. The highest BCUT2D eigenvalue weighted by Gasteiger charge is 2.28. The molecule has 32 heavy (non-hydrogen) atoms. The first-order valence-corrected chi connectivity index (χ1v) is 9.66. The minimum absolute atomic E-state index is 0.0367. The van der Waals surface area contributed by atoms with E-state index in [1.807, 2.05) is 0 Å². The summed E-state index contributed by atoms with van der Waals surface area (Å²) in [5.74, 6) is -0.151. The Morgan fingerprint density at radius 1 is 1.06 bits per heavy atom. The molecule has 0 saturated carbocycles. The molecule has 0 aliphatic rings. The summed E-state index contributed by atoms with van der Waals surface area (Å²) >= 11 is 1.22. The van der Waals surface area contributed by atoms with Crippen molar-refractivity contribution in [3.05, 3.63) is 58.2 Å². The van der Waals surface area contributed by atoms with Crippen LogP contribution in [0, 0.1) is 0 Å². The third-order valence-corrected chi connectivity index (χ3v) is 4.86. The van der Waals surface area contributed by atoms with Gasteiger partial charge in [-0.25, -0.2) is 19.6 Å². The van der Waals surface area contributed by atoms with Crippen LogP contribution in [0.5, 0.6) is 11.9 Å². The Bertz CT molecular complexity index is 1290. The van der Waals surface area contributed by atoms with Gasteiger partial charge in [0.05, 0.1) is 12.2 Å². The van der Waals surface area contributed by atoms with Crippen LogP contribution in [-0.4, -0.2) is 52.8 Å². The van der Waals surface area contributed by atoms with Gasteiger partial charge in [0.15, 0.2) is 6.61 Å². The molecule has 0 atom stereocenters. The van der Waals surface area contributed by atoms with Gasteiger partial charge in [-0.15, -0.1) is 10.2 Å². The van der Waals surface area contributed by atoms with E-state index in [0.717, 1.165) is 4.68 Å². The average molecular weight is 463 g/mol. The van der Waals surface area contributed by atoms with E-state index in [-0.39, 0.29) is 12.4 Å². The highest BCUT2D eigenvalue weighted by Crippen LogP contribution is 2.25. The Morgan fingerprint density at radius 2 is 1.84 bits per heavy atom. The number of ether oxygens (including phenoxy) is 1. The lowest BCUT2D eigenvalue weighted by Crippen LogP contribution is -2.22.